The zero-order valence-corrected chi connectivity index (χ0v) is 28.3. The van der Waals surface area contributed by atoms with Gasteiger partial charge in [0.05, 0.1) is 5.52 Å². The standard InChI is InChI=1S/C48H29NOS/c1-2-12-29(13-3-1)30-26-31(33-16-8-18-37-35-14-4-6-24-43(35)49-45(33)37)28-32(27-30)34-17-9-22-41-42-23-11-21-40(48(42)51-47(34)41)39-20-10-19-38-36-15-5-7-25-44(36)50-46(38)39/h1-28,49H. The molecule has 0 spiro atoms. The average Bonchev–Trinajstić information content (AvgIpc) is 3.89. The summed E-state index contributed by atoms with van der Waals surface area (Å²) in [6.45, 7) is 0. The van der Waals surface area contributed by atoms with Crippen LogP contribution in [0.1, 0.15) is 0 Å². The molecule has 3 aromatic heterocycles. The van der Waals surface area contributed by atoms with Gasteiger partial charge in [-0.15, -0.1) is 11.3 Å². The molecule has 51 heavy (non-hydrogen) atoms. The van der Waals surface area contributed by atoms with Crippen LogP contribution in [-0.4, -0.2) is 4.98 Å². The Hall–Kier alpha value is -6.42. The summed E-state index contributed by atoms with van der Waals surface area (Å²) in [7, 11) is 0. The predicted octanol–water partition coefficient (Wildman–Crippen LogP) is 14.3. The van der Waals surface area contributed by atoms with Crippen molar-refractivity contribution in [2.75, 3.05) is 0 Å². The minimum absolute atomic E-state index is 0.919. The fraction of sp³-hybridized carbons (Fsp3) is 0. The molecule has 0 fully saturated rings. The number of benzene rings is 8. The van der Waals surface area contributed by atoms with Crippen molar-refractivity contribution in [3.63, 3.8) is 0 Å². The first kappa shape index (κ1) is 28.4. The van der Waals surface area contributed by atoms with Gasteiger partial charge in [-0.05, 0) is 58.1 Å². The molecule has 3 heteroatoms. The first-order valence-electron chi connectivity index (χ1n) is 17.3. The Morgan fingerprint density at radius 3 is 1.76 bits per heavy atom. The van der Waals surface area contributed by atoms with Gasteiger partial charge < -0.3 is 9.40 Å². The Bertz CT molecular complexity index is 3140. The van der Waals surface area contributed by atoms with Crippen molar-refractivity contribution >= 4 is 75.3 Å². The van der Waals surface area contributed by atoms with Gasteiger partial charge in [0.15, 0.2) is 0 Å². The van der Waals surface area contributed by atoms with E-state index in [1.165, 1.54) is 75.4 Å². The van der Waals surface area contributed by atoms with E-state index in [2.05, 4.69) is 169 Å². The van der Waals surface area contributed by atoms with Crippen molar-refractivity contribution in [1.82, 2.24) is 4.98 Å². The smallest absolute Gasteiger partial charge is 0.143 e. The molecule has 0 aliphatic heterocycles. The largest absolute Gasteiger partial charge is 0.455 e. The first-order valence-corrected chi connectivity index (χ1v) is 18.2. The van der Waals surface area contributed by atoms with Crippen molar-refractivity contribution < 1.29 is 4.42 Å². The fourth-order valence-corrected chi connectivity index (χ4v) is 9.43. The van der Waals surface area contributed by atoms with Crippen LogP contribution >= 0.6 is 11.3 Å². The molecule has 8 aromatic carbocycles. The summed E-state index contributed by atoms with van der Waals surface area (Å²) >= 11 is 1.88. The van der Waals surface area contributed by atoms with E-state index < -0.39 is 0 Å². The minimum atomic E-state index is 0.919. The maximum absolute atomic E-state index is 6.52. The Kier molecular flexibility index (Phi) is 6.16. The fourth-order valence-electron chi connectivity index (χ4n) is 8.07. The molecule has 1 N–H and O–H groups in total. The highest BCUT2D eigenvalue weighted by molar-refractivity contribution is 7.26. The van der Waals surface area contributed by atoms with E-state index in [1.807, 2.05) is 17.4 Å². The number of H-pyrrole nitrogens is 1. The SMILES string of the molecule is c1ccc(-c2cc(-c3cccc4c3[nH]c3ccccc34)cc(-c3cccc4c3sc3c(-c5cccc6c5oc5ccccc56)cccc34)c2)cc1. The van der Waals surface area contributed by atoms with E-state index in [0.717, 1.165) is 33.0 Å². The number of rotatable bonds is 4. The first-order chi connectivity index (χ1) is 25.3. The second-order valence-electron chi connectivity index (χ2n) is 13.3. The summed E-state index contributed by atoms with van der Waals surface area (Å²) in [6, 6.07) is 61.4. The van der Waals surface area contributed by atoms with E-state index in [4.69, 9.17) is 4.42 Å². The number of furan rings is 1. The molecule has 0 aliphatic carbocycles. The second kappa shape index (κ2) is 11.0. The van der Waals surface area contributed by atoms with E-state index in [0.29, 0.717) is 0 Å². The van der Waals surface area contributed by atoms with Crippen LogP contribution in [0.4, 0.5) is 0 Å². The van der Waals surface area contributed by atoms with E-state index >= 15 is 0 Å². The molecular formula is C48H29NOS. The van der Waals surface area contributed by atoms with E-state index in [9.17, 15) is 0 Å². The van der Waals surface area contributed by atoms with Crippen LogP contribution in [-0.2, 0) is 0 Å². The summed E-state index contributed by atoms with van der Waals surface area (Å²) in [5.41, 5.74) is 13.8. The van der Waals surface area contributed by atoms with Gasteiger partial charge in [-0.25, -0.2) is 0 Å². The molecule has 11 aromatic rings. The molecule has 3 heterocycles. The van der Waals surface area contributed by atoms with Crippen LogP contribution in [0.2, 0.25) is 0 Å². The van der Waals surface area contributed by atoms with Gasteiger partial charge in [0.1, 0.15) is 11.2 Å². The lowest BCUT2D eigenvalue weighted by Crippen LogP contribution is -1.87. The van der Waals surface area contributed by atoms with Gasteiger partial charge in [0.25, 0.3) is 0 Å². The number of aromatic amines is 1. The highest BCUT2D eigenvalue weighted by atomic mass is 32.1. The molecule has 0 saturated carbocycles. The number of nitrogens with one attached hydrogen (secondary N) is 1. The summed E-state index contributed by atoms with van der Waals surface area (Å²) in [5.74, 6) is 0. The Labute approximate surface area is 297 Å². The monoisotopic (exact) mass is 667 g/mol. The third-order valence-electron chi connectivity index (χ3n) is 10.4. The van der Waals surface area contributed by atoms with Gasteiger partial charge >= 0.3 is 0 Å². The average molecular weight is 668 g/mol. The molecule has 2 nitrogen and oxygen atoms in total. The van der Waals surface area contributed by atoms with Crippen molar-refractivity contribution in [2.45, 2.75) is 0 Å². The highest BCUT2D eigenvalue weighted by Crippen LogP contribution is 2.47. The molecule has 0 atom stereocenters. The lowest BCUT2D eigenvalue weighted by molar-refractivity contribution is 0.670. The van der Waals surface area contributed by atoms with Crippen LogP contribution in [0.3, 0.4) is 0 Å². The lowest BCUT2D eigenvalue weighted by Gasteiger charge is -2.13. The van der Waals surface area contributed by atoms with Gasteiger partial charge in [-0.3, -0.25) is 0 Å². The van der Waals surface area contributed by atoms with E-state index in [1.54, 1.807) is 0 Å². The minimum Gasteiger partial charge on any atom is -0.455 e. The molecule has 0 bridgehead atoms. The molecule has 0 unspecified atom stereocenters. The van der Waals surface area contributed by atoms with Crippen molar-refractivity contribution in [3.05, 3.63) is 170 Å². The third-order valence-corrected chi connectivity index (χ3v) is 11.7. The number of aromatic nitrogens is 1. The van der Waals surface area contributed by atoms with Crippen molar-refractivity contribution in [1.29, 1.82) is 0 Å². The van der Waals surface area contributed by atoms with Gasteiger partial charge in [-0.1, -0.05) is 140 Å². The zero-order chi connectivity index (χ0) is 33.5. The molecule has 0 saturated heterocycles. The molecular weight excluding hydrogens is 639 g/mol. The summed E-state index contributed by atoms with van der Waals surface area (Å²) in [5, 5.41) is 7.33. The second-order valence-corrected chi connectivity index (χ2v) is 14.3. The summed E-state index contributed by atoms with van der Waals surface area (Å²) in [4.78, 5) is 3.75. The molecule has 238 valence electrons. The zero-order valence-electron chi connectivity index (χ0n) is 27.5. The Morgan fingerprint density at radius 1 is 0.373 bits per heavy atom. The van der Waals surface area contributed by atoms with Crippen LogP contribution < -0.4 is 0 Å². The van der Waals surface area contributed by atoms with E-state index in [-0.39, 0.29) is 0 Å². The number of thiophene rings is 1. The summed E-state index contributed by atoms with van der Waals surface area (Å²) in [6.07, 6.45) is 0. The molecule has 0 radical (unpaired) electrons. The maximum atomic E-state index is 6.52. The third kappa shape index (κ3) is 4.35. The maximum Gasteiger partial charge on any atom is 0.143 e. The number of hydrogen-bond acceptors (Lipinski definition) is 2. The van der Waals surface area contributed by atoms with Crippen LogP contribution in [0.5, 0.6) is 0 Å². The van der Waals surface area contributed by atoms with Crippen LogP contribution in [0, 0.1) is 0 Å². The van der Waals surface area contributed by atoms with Gasteiger partial charge in [-0.2, -0.15) is 0 Å². The quantitative estimate of drug-likeness (QED) is 0.199. The molecule has 0 aliphatic rings. The number of fused-ring (bicyclic) bond motifs is 9. The van der Waals surface area contributed by atoms with Crippen molar-refractivity contribution in [3.8, 4) is 44.5 Å². The Balaban J connectivity index is 1.15. The topological polar surface area (TPSA) is 28.9 Å². The molecule has 0 amide bonds. The van der Waals surface area contributed by atoms with Crippen LogP contribution in [0.15, 0.2) is 174 Å². The Morgan fingerprint density at radius 2 is 0.941 bits per heavy atom. The number of para-hydroxylation sites is 4. The number of hydrogen-bond donors (Lipinski definition) is 1. The predicted molar refractivity (Wildman–Crippen MR) is 218 cm³/mol. The molecule has 11 rings (SSSR count). The summed E-state index contributed by atoms with van der Waals surface area (Å²) < 4.78 is 9.08. The van der Waals surface area contributed by atoms with Crippen molar-refractivity contribution in [2.24, 2.45) is 0 Å². The normalized spacial score (nSPS) is 11.9. The van der Waals surface area contributed by atoms with Gasteiger partial charge in [0.2, 0.25) is 0 Å². The highest BCUT2D eigenvalue weighted by Gasteiger charge is 2.19. The lowest BCUT2D eigenvalue weighted by atomic mass is 9.92. The van der Waals surface area contributed by atoms with Gasteiger partial charge in [0, 0.05) is 63.9 Å². The van der Waals surface area contributed by atoms with Crippen LogP contribution in [0.25, 0.3) is 108 Å².